The molecule has 2 aromatic heterocycles. The summed E-state index contributed by atoms with van der Waals surface area (Å²) in [6, 6.07) is 11.8. The van der Waals surface area contributed by atoms with E-state index in [-0.39, 0.29) is 27.9 Å². The predicted octanol–water partition coefficient (Wildman–Crippen LogP) is 5.50. The van der Waals surface area contributed by atoms with Crippen LogP contribution in [0.4, 0.5) is 0 Å². The first-order valence-corrected chi connectivity index (χ1v) is 14.7. The number of hydrogen-bond donors (Lipinski definition) is 0. The Morgan fingerprint density at radius 1 is 0.707 bits per heavy atom. The van der Waals surface area contributed by atoms with Crippen molar-refractivity contribution in [3.8, 4) is 0 Å². The summed E-state index contributed by atoms with van der Waals surface area (Å²) in [6.45, 7) is -2.53. The molecule has 192 valence electrons. The lowest BCUT2D eigenvalue weighted by atomic mass is 9.41. The molecule has 0 aliphatic carbocycles. The molecule has 1 fully saturated rings. The molecule has 6 nitrogen and oxygen atoms in total. The smallest absolute Gasteiger partial charge is 0.381 e. The molecule has 0 saturated carbocycles. The van der Waals surface area contributed by atoms with Crippen LogP contribution in [-0.4, -0.2) is 56.2 Å². The van der Waals surface area contributed by atoms with Gasteiger partial charge in [-0.15, -0.1) is 0 Å². The molecule has 0 radical (unpaired) electrons. The van der Waals surface area contributed by atoms with Gasteiger partial charge in [-0.1, -0.05) is 71.7 Å². The molecule has 4 aromatic rings. The number of fused-ring (bicyclic) bond motifs is 13. The van der Waals surface area contributed by atoms with E-state index < -0.39 is 6.85 Å². The molecule has 9 rings (SSSR count). The van der Waals surface area contributed by atoms with Gasteiger partial charge in [0.25, 0.3) is 0 Å². The number of thiazole rings is 1. The summed E-state index contributed by atoms with van der Waals surface area (Å²) >= 11 is 1.55. The zero-order valence-electron chi connectivity index (χ0n) is 25.0. The van der Waals surface area contributed by atoms with Crippen molar-refractivity contribution in [2.24, 2.45) is 0 Å². The van der Waals surface area contributed by atoms with E-state index in [1.807, 2.05) is 24.3 Å². The number of rotatable bonds is 1. The molecule has 1 saturated heterocycles. The van der Waals surface area contributed by atoms with E-state index in [0.29, 0.717) is 5.56 Å². The fraction of sp³-hybridized carbons (Fsp3) is 0.0333. The van der Waals surface area contributed by atoms with Gasteiger partial charge in [0, 0.05) is 9.68 Å². The summed E-state index contributed by atoms with van der Waals surface area (Å²) in [5, 5.41) is 0. The van der Waals surface area contributed by atoms with E-state index in [4.69, 9.17) is 9.10 Å². The van der Waals surface area contributed by atoms with Crippen molar-refractivity contribution in [1.29, 1.82) is 0 Å². The maximum atomic E-state index is 8.53. The van der Waals surface area contributed by atoms with Crippen LogP contribution < -0.4 is 0 Å². The number of imidazole rings is 1. The van der Waals surface area contributed by atoms with E-state index in [9.17, 15) is 0 Å². The van der Waals surface area contributed by atoms with Gasteiger partial charge < -0.3 is 18.9 Å². The SMILES string of the molecule is [2H]C([2H])([2H])c1ccc2c(sc3nc4ccccc4n32)c1C1=CB2N3C=CC=CB3N3C=CC=CB3N3C=CC=CB3N2C=C1. The highest BCUT2D eigenvalue weighted by molar-refractivity contribution is 7.24. The molecule has 5 aliphatic heterocycles. The molecular formula is C30H24B4N6S. The molecular weight excluding hydrogens is 520 g/mol. The fourth-order valence-electron chi connectivity index (χ4n) is 6.74. The van der Waals surface area contributed by atoms with Crippen molar-refractivity contribution in [2.45, 2.75) is 6.85 Å². The lowest BCUT2D eigenvalue weighted by molar-refractivity contribution is 0.622. The molecule has 0 unspecified atom stereocenters. The number of para-hydroxylation sites is 2. The molecule has 0 N–H and O–H groups in total. The standard InChI is InChI=1S/C30H24B4N6S/c1-23-12-13-27-29(41-30-35-25-10-2-3-11-26(25)40(27)30)28(23)24-14-21-39-33-17-5-8-19-37(33)31-15-4-7-18-36(31)32-16-6-9-20-38(32)34(39)22-24/h2-22H,1H3/i1D3. The Morgan fingerprint density at radius 2 is 1.37 bits per heavy atom. The second-order valence-electron chi connectivity index (χ2n) is 10.7. The Kier molecular flexibility index (Phi) is 4.35. The van der Waals surface area contributed by atoms with Gasteiger partial charge in [-0.3, -0.25) is 4.40 Å². The van der Waals surface area contributed by atoms with Gasteiger partial charge in [-0.2, -0.15) is 0 Å². The van der Waals surface area contributed by atoms with Crippen LogP contribution in [0.3, 0.4) is 0 Å². The van der Waals surface area contributed by atoms with Gasteiger partial charge in [0.2, 0.25) is 0 Å². The Labute approximate surface area is 248 Å². The van der Waals surface area contributed by atoms with Crippen molar-refractivity contribution < 1.29 is 4.11 Å². The summed E-state index contributed by atoms with van der Waals surface area (Å²) in [5.74, 6) is 8.90. The molecule has 41 heavy (non-hydrogen) atoms. The second-order valence-corrected chi connectivity index (χ2v) is 11.7. The maximum absolute atomic E-state index is 8.53. The third kappa shape index (κ3) is 3.32. The minimum atomic E-state index is -2.29. The van der Waals surface area contributed by atoms with Crippen molar-refractivity contribution in [3.63, 3.8) is 0 Å². The normalized spacial score (nSPS) is 20.3. The topological polar surface area (TPSA) is 30.3 Å². The van der Waals surface area contributed by atoms with E-state index in [1.54, 1.807) is 17.4 Å². The third-order valence-electron chi connectivity index (χ3n) is 8.55. The molecule has 2 aromatic carbocycles. The van der Waals surface area contributed by atoms with Gasteiger partial charge in [-0.25, -0.2) is 4.98 Å². The van der Waals surface area contributed by atoms with Gasteiger partial charge in [0.15, 0.2) is 4.96 Å². The maximum Gasteiger partial charge on any atom is 0.381 e. The van der Waals surface area contributed by atoms with Crippen LogP contribution in [0, 0.1) is 6.85 Å². The number of allylic oxidation sites excluding steroid dienone is 8. The molecule has 0 atom stereocenters. The van der Waals surface area contributed by atoms with E-state index in [2.05, 4.69) is 121 Å². The summed E-state index contributed by atoms with van der Waals surface area (Å²) in [7, 11) is 0. The quantitative estimate of drug-likeness (QED) is 0.294. The number of aromatic nitrogens is 2. The van der Waals surface area contributed by atoms with Crippen LogP contribution in [0.1, 0.15) is 15.2 Å². The second kappa shape index (κ2) is 8.75. The van der Waals surface area contributed by atoms with E-state index in [1.165, 1.54) is 0 Å². The highest BCUT2D eigenvalue weighted by Gasteiger charge is 2.49. The molecule has 0 bridgehead atoms. The number of aryl methyl sites for hydroxylation is 1. The molecule has 5 aliphatic rings. The van der Waals surface area contributed by atoms with Crippen molar-refractivity contribution in [2.75, 3.05) is 0 Å². The first-order valence-electron chi connectivity index (χ1n) is 15.4. The summed E-state index contributed by atoms with van der Waals surface area (Å²) in [5.41, 5.74) is 4.91. The largest absolute Gasteiger partial charge is 0.423 e. The van der Waals surface area contributed by atoms with Crippen LogP contribution >= 0.6 is 11.3 Å². The first-order chi connectivity index (χ1) is 21.5. The van der Waals surface area contributed by atoms with E-state index in [0.717, 1.165) is 37.3 Å². The zero-order chi connectivity index (χ0) is 29.6. The Balaban J connectivity index is 1.26. The Hall–Kier alpha value is -4.49. The number of hydrogen-bond acceptors (Lipinski definition) is 6. The monoisotopic (exact) mass is 547 g/mol. The van der Waals surface area contributed by atoms with Gasteiger partial charge >= 0.3 is 27.9 Å². The lowest BCUT2D eigenvalue weighted by Crippen LogP contribution is -2.73. The number of benzene rings is 2. The Bertz CT molecular complexity index is 2080. The minimum Gasteiger partial charge on any atom is -0.423 e. The van der Waals surface area contributed by atoms with Crippen molar-refractivity contribution in [3.05, 3.63) is 139 Å². The zero-order valence-corrected chi connectivity index (χ0v) is 22.8. The molecule has 7 heterocycles. The van der Waals surface area contributed by atoms with Crippen LogP contribution in [0.5, 0.6) is 0 Å². The average molecular weight is 547 g/mol. The summed E-state index contributed by atoms with van der Waals surface area (Å²) in [6.07, 6.45) is 23.2. The molecule has 0 spiro atoms. The number of nitrogens with zero attached hydrogens (tertiary/aromatic N) is 6. The lowest BCUT2D eigenvalue weighted by Gasteiger charge is -2.53. The summed E-state index contributed by atoms with van der Waals surface area (Å²) in [4.78, 5) is 5.74. The van der Waals surface area contributed by atoms with Gasteiger partial charge in [-0.05, 0) is 85.3 Å². The van der Waals surface area contributed by atoms with Crippen molar-refractivity contribution >= 4 is 71.1 Å². The van der Waals surface area contributed by atoms with Crippen LogP contribution in [0.2, 0.25) is 0 Å². The van der Waals surface area contributed by atoms with Gasteiger partial charge in [0.05, 0.1) is 21.3 Å². The van der Waals surface area contributed by atoms with E-state index >= 15 is 0 Å². The molecule has 11 heteroatoms. The third-order valence-corrected chi connectivity index (χ3v) is 9.62. The fourth-order valence-corrected chi connectivity index (χ4v) is 7.95. The first kappa shape index (κ1) is 20.4. The molecule has 0 amide bonds. The minimum absolute atomic E-state index is 0.0302. The van der Waals surface area contributed by atoms with Crippen LogP contribution in [-0.2, 0) is 0 Å². The Morgan fingerprint density at radius 3 is 2.07 bits per heavy atom. The predicted molar refractivity (Wildman–Crippen MR) is 175 cm³/mol. The summed E-state index contributed by atoms with van der Waals surface area (Å²) < 4.78 is 38.1. The van der Waals surface area contributed by atoms with Crippen LogP contribution in [0.15, 0.2) is 128 Å². The average Bonchev–Trinajstić information content (AvgIpc) is 3.59. The van der Waals surface area contributed by atoms with Crippen molar-refractivity contribution in [1.82, 2.24) is 28.3 Å². The van der Waals surface area contributed by atoms with Gasteiger partial charge in [0.1, 0.15) is 0 Å². The highest BCUT2D eigenvalue weighted by Crippen LogP contribution is 2.39. The van der Waals surface area contributed by atoms with Crippen LogP contribution in [0.25, 0.3) is 31.8 Å². The highest BCUT2D eigenvalue weighted by atomic mass is 32.1.